The maximum Gasteiger partial charge on any atom is 0.251 e. The van der Waals surface area contributed by atoms with Crippen LogP contribution in [0.2, 0.25) is 0 Å². The molecule has 1 atom stereocenters. The van der Waals surface area contributed by atoms with Crippen LogP contribution < -0.4 is 10.1 Å². The third-order valence-electron chi connectivity index (χ3n) is 4.91. The van der Waals surface area contributed by atoms with E-state index >= 15 is 0 Å². The van der Waals surface area contributed by atoms with E-state index in [9.17, 15) is 14.4 Å². The van der Waals surface area contributed by atoms with Gasteiger partial charge in [0.25, 0.3) is 5.91 Å². The van der Waals surface area contributed by atoms with Crippen molar-refractivity contribution >= 4 is 17.7 Å². The molecule has 0 spiro atoms. The third-order valence-corrected chi connectivity index (χ3v) is 4.91. The highest BCUT2D eigenvalue weighted by Crippen LogP contribution is 2.26. The molecule has 0 bridgehead atoms. The maximum atomic E-state index is 12.6. The summed E-state index contributed by atoms with van der Waals surface area (Å²) in [6.07, 6.45) is 0.555. The second kappa shape index (κ2) is 8.25. The molecule has 0 aromatic heterocycles. The second-order valence-electron chi connectivity index (χ2n) is 7.01. The fraction of sp³-hybridized carbons (Fsp3) is 0.318. The van der Waals surface area contributed by atoms with E-state index in [-0.39, 0.29) is 43.1 Å². The summed E-state index contributed by atoms with van der Waals surface area (Å²) in [7, 11) is 1.61. The van der Waals surface area contributed by atoms with Crippen LogP contribution in [0, 0.1) is 6.92 Å². The summed E-state index contributed by atoms with van der Waals surface area (Å²) < 4.78 is 5.39. The van der Waals surface area contributed by atoms with Crippen LogP contribution in [0.3, 0.4) is 0 Å². The summed E-state index contributed by atoms with van der Waals surface area (Å²) in [5, 5.41) is 2.98. The van der Waals surface area contributed by atoms with Crippen LogP contribution in [-0.2, 0) is 16.1 Å². The first kappa shape index (κ1) is 19.6. The lowest BCUT2D eigenvalue weighted by Crippen LogP contribution is -2.28. The summed E-state index contributed by atoms with van der Waals surface area (Å²) in [5.41, 5.74) is 3.33. The van der Waals surface area contributed by atoms with Crippen molar-refractivity contribution in [3.63, 3.8) is 0 Å². The Hall–Kier alpha value is -3.15. The van der Waals surface area contributed by atoms with Gasteiger partial charge in [-0.2, -0.15) is 0 Å². The number of likely N-dealkylation sites (tertiary alicyclic amines) is 1. The zero-order valence-corrected chi connectivity index (χ0v) is 16.3. The van der Waals surface area contributed by atoms with E-state index in [0.29, 0.717) is 5.56 Å². The number of carbonyl (C=O) groups is 3. The number of nitrogens with one attached hydrogen (secondary N) is 1. The van der Waals surface area contributed by atoms with Crippen LogP contribution in [0.25, 0.3) is 0 Å². The number of imide groups is 1. The molecule has 1 fully saturated rings. The third kappa shape index (κ3) is 4.22. The molecule has 0 aliphatic carbocycles. The fourth-order valence-corrected chi connectivity index (χ4v) is 3.29. The summed E-state index contributed by atoms with van der Waals surface area (Å²) in [6.45, 7) is 4.15. The van der Waals surface area contributed by atoms with Gasteiger partial charge in [-0.05, 0) is 37.6 Å². The largest absolute Gasteiger partial charge is 0.496 e. The standard InChI is InChI=1S/C22H24N2O4/c1-14-4-9-19(28-3)18(12-14)15(2)23-22(27)17-7-5-16(6-8-17)13-24-20(25)10-11-21(24)26/h4-9,12,15H,10-11,13H2,1-3H3,(H,23,27). The number of aryl methyl sites for hydroxylation is 1. The summed E-state index contributed by atoms with van der Waals surface area (Å²) in [5.74, 6) is 0.241. The van der Waals surface area contributed by atoms with E-state index in [2.05, 4.69) is 5.32 Å². The van der Waals surface area contributed by atoms with Gasteiger partial charge < -0.3 is 10.1 Å². The number of benzene rings is 2. The van der Waals surface area contributed by atoms with Crippen molar-refractivity contribution in [3.8, 4) is 5.75 Å². The average Bonchev–Trinajstić information content (AvgIpc) is 3.00. The Morgan fingerprint density at radius 1 is 1.11 bits per heavy atom. The van der Waals surface area contributed by atoms with Crippen molar-refractivity contribution in [1.29, 1.82) is 0 Å². The van der Waals surface area contributed by atoms with Crippen LogP contribution >= 0.6 is 0 Å². The molecule has 0 radical (unpaired) electrons. The lowest BCUT2D eigenvalue weighted by atomic mass is 10.0. The van der Waals surface area contributed by atoms with Gasteiger partial charge in [0.2, 0.25) is 11.8 Å². The molecular weight excluding hydrogens is 356 g/mol. The number of carbonyl (C=O) groups excluding carboxylic acids is 3. The minimum absolute atomic E-state index is 0.146. The molecular formula is C22H24N2O4. The van der Waals surface area contributed by atoms with Crippen LogP contribution in [0.4, 0.5) is 0 Å². The SMILES string of the molecule is COc1ccc(C)cc1C(C)NC(=O)c1ccc(CN2C(=O)CCC2=O)cc1. The number of ether oxygens (including phenoxy) is 1. The van der Waals surface area contributed by atoms with Gasteiger partial charge in [0.05, 0.1) is 19.7 Å². The highest BCUT2D eigenvalue weighted by molar-refractivity contribution is 6.01. The fourth-order valence-electron chi connectivity index (χ4n) is 3.29. The van der Waals surface area contributed by atoms with Gasteiger partial charge in [0.15, 0.2) is 0 Å². The molecule has 1 N–H and O–H groups in total. The quantitative estimate of drug-likeness (QED) is 0.781. The van der Waals surface area contributed by atoms with Crippen molar-refractivity contribution in [2.24, 2.45) is 0 Å². The molecule has 3 amide bonds. The van der Waals surface area contributed by atoms with Gasteiger partial charge in [-0.3, -0.25) is 19.3 Å². The monoisotopic (exact) mass is 380 g/mol. The Balaban J connectivity index is 1.67. The van der Waals surface area contributed by atoms with Crippen molar-refractivity contribution in [1.82, 2.24) is 10.2 Å². The Morgan fingerprint density at radius 2 is 1.75 bits per heavy atom. The molecule has 1 saturated heterocycles. The molecule has 1 aliphatic heterocycles. The minimum Gasteiger partial charge on any atom is -0.496 e. The molecule has 146 valence electrons. The summed E-state index contributed by atoms with van der Waals surface area (Å²) in [6, 6.07) is 12.6. The van der Waals surface area contributed by atoms with Crippen LogP contribution in [0.5, 0.6) is 5.75 Å². The highest BCUT2D eigenvalue weighted by atomic mass is 16.5. The predicted molar refractivity (Wildman–Crippen MR) is 105 cm³/mol. The van der Waals surface area contributed by atoms with E-state index in [1.54, 1.807) is 31.4 Å². The van der Waals surface area contributed by atoms with Crippen molar-refractivity contribution < 1.29 is 19.1 Å². The summed E-state index contributed by atoms with van der Waals surface area (Å²) >= 11 is 0. The Labute approximate surface area is 164 Å². The maximum absolute atomic E-state index is 12.6. The molecule has 1 unspecified atom stereocenters. The van der Waals surface area contributed by atoms with E-state index in [1.165, 1.54) is 4.90 Å². The number of nitrogens with zero attached hydrogens (tertiary/aromatic N) is 1. The van der Waals surface area contributed by atoms with Gasteiger partial charge in [-0.1, -0.05) is 29.8 Å². The highest BCUT2D eigenvalue weighted by Gasteiger charge is 2.28. The normalized spacial score (nSPS) is 14.9. The zero-order valence-electron chi connectivity index (χ0n) is 16.3. The van der Waals surface area contributed by atoms with Crippen LogP contribution in [0.1, 0.15) is 52.9 Å². The van der Waals surface area contributed by atoms with Crippen molar-refractivity contribution in [3.05, 3.63) is 64.7 Å². The summed E-state index contributed by atoms with van der Waals surface area (Å²) in [4.78, 5) is 37.3. The Morgan fingerprint density at radius 3 is 2.36 bits per heavy atom. The Kier molecular flexibility index (Phi) is 5.78. The molecule has 0 saturated carbocycles. The van der Waals surface area contributed by atoms with Gasteiger partial charge in [0.1, 0.15) is 5.75 Å². The average molecular weight is 380 g/mol. The number of amides is 3. The second-order valence-corrected chi connectivity index (χ2v) is 7.01. The van der Waals surface area contributed by atoms with E-state index < -0.39 is 0 Å². The number of methoxy groups -OCH3 is 1. The number of hydrogen-bond acceptors (Lipinski definition) is 4. The Bertz CT molecular complexity index is 889. The van der Waals surface area contributed by atoms with Crippen molar-refractivity contribution in [2.45, 2.75) is 39.3 Å². The first-order valence-electron chi connectivity index (χ1n) is 9.26. The van der Waals surface area contributed by atoms with Crippen molar-refractivity contribution in [2.75, 3.05) is 7.11 Å². The molecule has 2 aromatic rings. The molecule has 28 heavy (non-hydrogen) atoms. The first-order valence-corrected chi connectivity index (χ1v) is 9.26. The van der Waals surface area contributed by atoms with Gasteiger partial charge in [-0.25, -0.2) is 0 Å². The number of rotatable bonds is 6. The molecule has 1 heterocycles. The topological polar surface area (TPSA) is 75.7 Å². The molecule has 1 aliphatic rings. The molecule has 6 heteroatoms. The molecule has 2 aromatic carbocycles. The smallest absolute Gasteiger partial charge is 0.251 e. The van der Waals surface area contributed by atoms with Crippen LogP contribution in [0.15, 0.2) is 42.5 Å². The van der Waals surface area contributed by atoms with Gasteiger partial charge >= 0.3 is 0 Å². The predicted octanol–water partition coefficient (Wildman–Crippen LogP) is 3.14. The zero-order chi connectivity index (χ0) is 20.3. The first-order chi connectivity index (χ1) is 13.4. The van der Waals surface area contributed by atoms with Gasteiger partial charge in [-0.15, -0.1) is 0 Å². The lowest BCUT2D eigenvalue weighted by molar-refractivity contribution is -0.139. The van der Waals surface area contributed by atoms with Crippen LogP contribution in [-0.4, -0.2) is 29.7 Å². The van der Waals surface area contributed by atoms with E-state index in [0.717, 1.165) is 22.4 Å². The number of hydrogen-bond donors (Lipinski definition) is 1. The van der Waals surface area contributed by atoms with E-state index in [1.807, 2.05) is 32.0 Å². The lowest BCUT2D eigenvalue weighted by Gasteiger charge is -2.18. The van der Waals surface area contributed by atoms with Gasteiger partial charge in [0, 0.05) is 24.0 Å². The molecule has 3 rings (SSSR count). The van der Waals surface area contributed by atoms with E-state index in [4.69, 9.17) is 4.74 Å². The minimum atomic E-state index is -0.220. The molecule has 6 nitrogen and oxygen atoms in total.